The number of nitrogens with one attached hydrogen (secondary N) is 1. The van der Waals surface area contributed by atoms with E-state index in [0.717, 1.165) is 34.7 Å². The molecule has 5 rings (SSSR count). The van der Waals surface area contributed by atoms with E-state index in [1.165, 1.54) is 0 Å². The van der Waals surface area contributed by atoms with Gasteiger partial charge in [0, 0.05) is 37.6 Å². The minimum Gasteiger partial charge on any atom is -0.354 e. The lowest BCUT2D eigenvalue weighted by molar-refractivity contribution is 0.0952. The Morgan fingerprint density at radius 3 is 2.45 bits per heavy atom. The maximum Gasteiger partial charge on any atom is 0.252 e. The fourth-order valence-corrected chi connectivity index (χ4v) is 5.47. The molecule has 1 amide bonds. The summed E-state index contributed by atoms with van der Waals surface area (Å²) in [5, 5.41) is 3.76. The van der Waals surface area contributed by atoms with Gasteiger partial charge in [0.1, 0.15) is 22.3 Å². The van der Waals surface area contributed by atoms with Crippen molar-refractivity contribution in [2.75, 3.05) is 31.1 Å². The van der Waals surface area contributed by atoms with Crippen LogP contribution in [0.25, 0.3) is 10.9 Å². The van der Waals surface area contributed by atoms with Gasteiger partial charge in [0.2, 0.25) is 10.0 Å². The molecule has 1 aromatic heterocycles. The van der Waals surface area contributed by atoms with Gasteiger partial charge in [0.15, 0.2) is 0 Å². The molecular weight excluding hydrogens is 450 g/mol. The highest BCUT2D eigenvalue weighted by molar-refractivity contribution is 7.89. The summed E-state index contributed by atoms with van der Waals surface area (Å²) in [6, 6.07) is 11.7. The van der Waals surface area contributed by atoms with Gasteiger partial charge in [-0.2, -0.15) is 4.31 Å². The molecule has 2 aliphatic rings. The van der Waals surface area contributed by atoms with Crippen molar-refractivity contribution in [2.24, 2.45) is 0 Å². The number of pyridine rings is 1. The summed E-state index contributed by atoms with van der Waals surface area (Å²) < 4.78 is 54.5. The van der Waals surface area contributed by atoms with Gasteiger partial charge < -0.3 is 10.2 Å². The van der Waals surface area contributed by atoms with E-state index in [4.69, 9.17) is 0 Å². The second-order valence-corrected chi connectivity index (χ2v) is 10.2. The molecule has 10 heteroatoms. The van der Waals surface area contributed by atoms with Crippen LogP contribution in [0.1, 0.15) is 23.2 Å². The van der Waals surface area contributed by atoms with E-state index in [-0.39, 0.29) is 25.0 Å². The Morgan fingerprint density at radius 2 is 1.73 bits per heavy atom. The summed E-state index contributed by atoms with van der Waals surface area (Å²) in [5.41, 5.74) is 1.20. The molecule has 1 aliphatic carbocycles. The number of aromatic nitrogens is 1. The van der Waals surface area contributed by atoms with Crippen LogP contribution in [0.15, 0.2) is 53.4 Å². The first-order valence-electron chi connectivity index (χ1n) is 10.7. The maximum absolute atomic E-state index is 14.1. The third-order valence-electron chi connectivity index (χ3n) is 5.93. The molecule has 33 heavy (non-hydrogen) atoms. The number of benzene rings is 2. The second-order valence-electron chi connectivity index (χ2n) is 8.26. The third-order valence-corrected chi connectivity index (χ3v) is 7.85. The number of halogens is 2. The number of carbonyl (C=O) groups excluding carboxylic acids is 1. The summed E-state index contributed by atoms with van der Waals surface area (Å²) in [7, 11) is -4.18. The van der Waals surface area contributed by atoms with Gasteiger partial charge in [-0.25, -0.2) is 22.2 Å². The number of hydrogen-bond acceptors (Lipinski definition) is 5. The fraction of sp³-hybridized carbons (Fsp3) is 0.304. The minimum absolute atomic E-state index is 0.0798. The molecule has 0 radical (unpaired) electrons. The van der Waals surface area contributed by atoms with E-state index in [1.54, 1.807) is 6.07 Å². The zero-order chi connectivity index (χ0) is 23.2. The number of hydrogen-bond donors (Lipinski definition) is 1. The van der Waals surface area contributed by atoms with Crippen molar-refractivity contribution < 1.29 is 22.0 Å². The molecule has 0 spiro atoms. The predicted octanol–water partition coefficient (Wildman–Crippen LogP) is 2.92. The minimum atomic E-state index is -4.18. The van der Waals surface area contributed by atoms with E-state index < -0.39 is 26.6 Å². The van der Waals surface area contributed by atoms with Gasteiger partial charge in [-0.1, -0.05) is 18.2 Å². The highest BCUT2D eigenvalue weighted by Crippen LogP contribution is 2.27. The van der Waals surface area contributed by atoms with Crippen molar-refractivity contribution in [3.05, 3.63) is 65.7 Å². The smallest absolute Gasteiger partial charge is 0.252 e. The molecule has 1 aliphatic heterocycles. The summed E-state index contributed by atoms with van der Waals surface area (Å²) in [6.45, 7) is 0.753. The van der Waals surface area contributed by atoms with Gasteiger partial charge in [0.25, 0.3) is 5.91 Å². The Bertz CT molecular complexity index is 1340. The molecule has 0 atom stereocenters. The molecule has 3 aromatic rings. The lowest BCUT2D eigenvalue weighted by Crippen LogP contribution is -2.49. The van der Waals surface area contributed by atoms with E-state index in [0.29, 0.717) is 36.1 Å². The number of carbonyl (C=O) groups is 1. The van der Waals surface area contributed by atoms with Gasteiger partial charge in [0.05, 0.1) is 11.1 Å². The van der Waals surface area contributed by atoms with Crippen LogP contribution in [0.2, 0.25) is 0 Å². The first-order chi connectivity index (χ1) is 15.8. The number of para-hydroxylation sites is 1. The van der Waals surface area contributed by atoms with E-state index >= 15 is 0 Å². The zero-order valence-corrected chi connectivity index (χ0v) is 18.5. The van der Waals surface area contributed by atoms with Crippen LogP contribution >= 0.6 is 0 Å². The van der Waals surface area contributed by atoms with Crippen LogP contribution in [0.3, 0.4) is 0 Å². The molecule has 2 heterocycles. The molecule has 1 saturated carbocycles. The van der Waals surface area contributed by atoms with E-state index in [2.05, 4.69) is 10.3 Å². The maximum atomic E-state index is 14.1. The van der Waals surface area contributed by atoms with Crippen molar-refractivity contribution in [2.45, 2.75) is 23.8 Å². The van der Waals surface area contributed by atoms with Crippen LogP contribution in [0, 0.1) is 11.6 Å². The average Bonchev–Trinajstić information content (AvgIpc) is 3.64. The Labute approximate surface area is 190 Å². The largest absolute Gasteiger partial charge is 0.354 e. The van der Waals surface area contributed by atoms with Crippen molar-refractivity contribution in [1.29, 1.82) is 0 Å². The standard InChI is InChI=1S/C23H22F2N4O3S/c24-15-5-8-19(25)21(13-15)33(31,32)29-11-9-28(10-12-29)22-14-18(23(30)26-16-6-7-16)17-3-1-2-4-20(17)27-22/h1-5,8,13-14,16H,6-7,9-12H2,(H,26,30). The predicted molar refractivity (Wildman–Crippen MR) is 120 cm³/mol. The molecule has 1 saturated heterocycles. The van der Waals surface area contributed by atoms with E-state index in [1.807, 2.05) is 29.2 Å². The monoisotopic (exact) mass is 472 g/mol. The summed E-state index contributed by atoms with van der Waals surface area (Å²) in [4.78, 5) is 18.7. The van der Waals surface area contributed by atoms with Crippen LogP contribution < -0.4 is 10.2 Å². The Morgan fingerprint density at radius 1 is 1.00 bits per heavy atom. The number of amides is 1. The molecule has 1 N–H and O–H groups in total. The average molecular weight is 473 g/mol. The summed E-state index contributed by atoms with van der Waals surface area (Å²) in [5.74, 6) is -1.38. The molecule has 7 nitrogen and oxygen atoms in total. The highest BCUT2D eigenvalue weighted by atomic mass is 32.2. The second kappa shape index (κ2) is 8.35. The van der Waals surface area contributed by atoms with Crippen LogP contribution in [-0.2, 0) is 10.0 Å². The lowest BCUT2D eigenvalue weighted by Gasteiger charge is -2.35. The third kappa shape index (κ3) is 4.28. The van der Waals surface area contributed by atoms with E-state index in [9.17, 15) is 22.0 Å². The topological polar surface area (TPSA) is 82.6 Å². The fourth-order valence-electron chi connectivity index (χ4n) is 3.97. The Kier molecular flexibility index (Phi) is 5.49. The molecular formula is C23H22F2N4O3S. The summed E-state index contributed by atoms with van der Waals surface area (Å²) >= 11 is 0. The number of anilines is 1. The quantitative estimate of drug-likeness (QED) is 0.618. The van der Waals surface area contributed by atoms with Gasteiger partial charge >= 0.3 is 0 Å². The Hall–Kier alpha value is -3.11. The number of rotatable bonds is 5. The van der Waals surface area contributed by atoms with Crippen molar-refractivity contribution in [3.8, 4) is 0 Å². The van der Waals surface area contributed by atoms with Crippen molar-refractivity contribution in [3.63, 3.8) is 0 Å². The van der Waals surface area contributed by atoms with Crippen LogP contribution in [0.5, 0.6) is 0 Å². The number of fused-ring (bicyclic) bond motifs is 1. The summed E-state index contributed by atoms with van der Waals surface area (Å²) in [6.07, 6.45) is 1.95. The first kappa shape index (κ1) is 21.7. The molecule has 2 aromatic carbocycles. The van der Waals surface area contributed by atoms with Crippen molar-refractivity contribution in [1.82, 2.24) is 14.6 Å². The van der Waals surface area contributed by atoms with Gasteiger partial charge in [-0.15, -0.1) is 0 Å². The van der Waals surface area contributed by atoms with Crippen LogP contribution in [-0.4, -0.2) is 55.8 Å². The Balaban J connectivity index is 1.39. The molecule has 0 unspecified atom stereocenters. The van der Waals surface area contributed by atoms with Gasteiger partial charge in [-0.3, -0.25) is 4.79 Å². The normalized spacial score (nSPS) is 17.3. The number of sulfonamides is 1. The number of nitrogens with zero attached hydrogens (tertiary/aromatic N) is 3. The first-order valence-corrected chi connectivity index (χ1v) is 12.2. The SMILES string of the molecule is O=C(NC1CC1)c1cc(N2CCN(S(=O)(=O)c3cc(F)ccc3F)CC2)nc2ccccc12. The van der Waals surface area contributed by atoms with Crippen molar-refractivity contribution >= 4 is 32.7 Å². The molecule has 0 bridgehead atoms. The molecule has 2 fully saturated rings. The highest BCUT2D eigenvalue weighted by Gasteiger charge is 2.32. The zero-order valence-electron chi connectivity index (χ0n) is 17.7. The molecule has 172 valence electrons. The van der Waals surface area contributed by atoms with Crippen LogP contribution in [0.4, 0.5) is 14.6 Å². The van der Waals surface area contributed by atoms with Gasteiger partial charge in [-0.05, 0) is 43.2 Å². The number of piperazine rings is 1. The lowest BCUT2D eigenvalue weighted by atomic mass is 10.1.